The van der Waals surface area contributed by atoms with Crippen LogP contribution < -0.4 is 15.4 Å². The first-order valence-electron chi connectivity index (χ1n) is 9.43. The summed E-state index contributed by atoms with van der Waals surface area (Å²) in [6.07, 6.45) is 5.54. The molecule has 0 saturated carbocycles. The average Bonchev–Trinajstić information content (AvgIpc) is 3.25. The molecule has 0 unspecified atom stereocenters. The lowest BCUT2D eigenvalue weighted by Crippen LogP contribution is -2.37. The number of benzene rings is 2. The molecule has 6 heteroatoms. The maximum Gasteiger partial charge on any atom is 0.191 e. The quantitative estimate of drug-likeness (QED) is 0.489. The van der Waals surface area contributed by atoms with Crippen LogP contribution in [0.2, 0.25) is 0 Å². The van der Waals surface area contributed by atoms with Gasteiger partial charge in [0.2, 0.25) is 0 Å². The van der Waals surface area contributed by atoms with Gasteiger partial charge in [-0.1, -0.05) is 30.3 Å². The van der Waals surface area contributed by atoms with Crippen LogP contribution in [0.25, 0.3) is 5.69 Å². The number of guanidine groups is 1. The van der Waals surface area contributed by atoms with Crippen molar-refractivity contribution in [3.05, 3.63) is 77.9 Å². The molecule has 6 nitrogen and oxygen atoms in total. The zero-order valence-corrected chi connectivity index (χ0v) is 16.6. The fraction of sp³-hybridized carbons (Fsp3) is 0.273. The van der Waals surface area contributed by atoms with Crippen LogP contribution in [0.4, 0.5) is 0 Å². The summed E-state index contributed by atoms with van der Waals surface area (Å²) >= 11 is 0. The van der Waals surface area contributed by atoms with Gasteiger partial charge >= 0.3 is 0 Å². The molecule has 0 spiro atoms. The van der Waals surface area contributed by atoms with Gasteiger partial charge in [-0.05, 0) is 37.1 Å². The molecule has 146 valence electrons. The Bertz CT molecular complexity index is 918. The van der Waals surface area contributed by atoms with Gasteiger partial charge in [-0.15, -0.1) is 0 Å². The van der Waals surface area contributed by atoms with Crippen LogP contribution in [-0.2, 0) is 13.1 Å². The van der Waals surface area contributed by atoms with Crippen molar-refractivity contribution in [2.75, 3.05) is 13.7 Å². The number of methoxy groups -OCH3 is 1. The average molecular weight is 377 g/mol. The molecule has 0 aliphatic heterocycles. The molecule has 0 amide bonds. The molecule has 0 radical (unpaired) electrons. The molecule has 2 N–H and O–H groups in total. The summed E-state index contributed by atoms with van der Waals surface area (Å²) in [6, 6.07) is 14.4. The highest BCUT2D eigenvalue weighted by molar-refractivity contribution is 5.79. The summed E-state index contributed by atoms with van der Waals surface area (Å²) in [4.78, 5) is 8.87. The monoisotopic (exact) mass is 377 g/mol. The SMILES string of the molecule is CCNC(=NCc1ccc(C)cc1OC)NCc1ccccc1-n1ccnc1. The van der Waals surface area contributed by atoms with Gasteiger partial charge in [0.15, 0.2) is 5.96 Å². The molecule has 2 aromatic carbocycles. The molecule has 0 bridgehead atoms. The number of ether oxygens (including phenoxy) is 1. The number of nitrogens with zero attached hydrogens (tertiary/aromatic N) is 3. The van der Waals surface area contributed by atoms with E-state index in [1.165, 1.54) is 11.1 Å². The molecule has 1 aromatic heterocycles. The second kappa shape index (κ2) is 9.60. The molecule has 3 aromatic rings. The number of aryl methyl sites for hydroxylation is 1. The molecule has 0 saturated heterocycles. The number of para-hydroxylation sites is 1. The fourth-order valence-corrected chi connectivity index (χ4v) is 2.98. The molecular formula is C22H27N5O. The molecule has 3 rings (SSSR count). The Hall–Kier alpha value is -3.28. The van der Waals surface area contributed by atoms with Gasteiger partial charge in [0.25, 0.3) is 0 Å². The van der Waals surface area contributed by atoms with E-state index < -0.39 is 0 Å². The maximum absolute atomic E-state index is 5.49. The van der Waals surface area contributed by atoms with Gasteiger partial charge in [0, 0.05) is 31.0 Å². The largest absolute Gasteiger partial charge is 0.496 e. The smallest absolute Gasteiger partial charge is 0.191 e. The standard InChI is InChI=1S/C22H27N5O/c1-4-24-22(26-15-19-10-9-17(2)13-21(19)28-3)25-14-18-7-5-6-8-20(18)27-12-11-23-16-27/h5-13,16H,4,14-15H2,1-3H3,(H2,24,25,26). The molecule has 28 heavy (non-hydrogen) atoms. The Labute approximate surface area is 166 Å². The number of nitrogens with one attached hydrogen (secondary N) is 2. The van der Waals surface area contributed by atoms with Crippen molar-refractivity contribution in [1.82, 2.24) is 20.2 Å². The van der Waals surface area contributed by atoms with E-state index in [9.17, 15) is 0 Å². The molecule has 1 heterocycles. The molecule has 0 aliphatic carbocycles. The van der Waals surface area contributed by atoms with Crippen molar-refractivity contribution in [3.63, 3.8) is 0 Å². The number of rotatable bonds is 7. The molecular weight excluding hydrogens is 350 g/mol. The fourth-order valence-electron chi connectivity index (χ4n) is 2.98. The lowest BCUT2D eigenvalue weighted by molar-refractivity contribution is 0.409. The third kappa shape index (κ3) is 4.91. The van der Waals surface area contributed by atoms with Crippen LogP contribution in [-0.4, -0.2) is 29.2 Å². The summed E-state index contributed by atoms with van der Waals surface area (Å²) in [5.74, 6) is 1.63. The number of aromatic nitrogens is 2. The second-order valence-corrected chi connectivity index (χ2v) is 6.46. The van der Waals surface area contributed by atoms with Crippen LogP contribution in [0.5, 0.6) is 5.75 Å². The predicted molar refractivity (Wildman–Crippen MR) is 113 cm³/mol. The molecule has 0 fully saturated rings. The van der Waals surface area contributed by atoms with E-state index >= 15 is 0 Å². The zero-order valence-electron chi connectivity index (χ0n) is 16.6. The normalized spacial score (nSPS) is 11.3. The Balaban J connectivity index is 1.73. The van der Waals surface area contributed by atoms with Crippen molar-refractivity contribution < 1.29 is 4.74 Å². The predicted octanol–water partition coefficient (Wildman–Crippen LogP) is 3.44. The van der Waals surface area contributed by atoms with Crippen molar-refractivity contribution in [1.29, 1.82) is 0 Å². The first-order chi connectivity index (χ1) is 13.7. The van der Waals surface area contributed by atoms with Gasteiger partial charge < -0.3 is 19.9 Å². The van der Waals surface area contributed by atoms with E-state index in [-0.39, 0.29) is 0 Å². The minimum absolute atomic E-state index is 0.544. The van der Waals surface area contributed by atoms with Crippen molar-refractivity contribution >= 4 is 5.96 Å². The summed E-state index contributed by atoms with van der Waals surface area (Å²) in [6.45, 7) is 6.11. The van der Waals surface area contributed by atoms with Crippen molar-refractivity contribution in [2.45, 2.75) is 26.9 Å². The second-order valence-electron chi connectivity index (χ2n) is 6.46. The summed E-state index contributed by atoms with van der Waals surface area (Å²) in [5, 5.41) is 6.73. The summed E-state index contributed by atoms with van der Waals surface area (Å²) in [5.41, 5.74) is 4.50. The van der Waals surface area contributed by atoms with E-state index in [1.807, 2.05) is 35.3 Å². The Kier molecular flexibility index (Phi) is 6.68. The van der Waals surface area contributed by atoms with Gasteiger partial charge in [-0.2, -0.15) is 0 Å². The van der Waals surface area contributed by atoms with Crippen LogP contribution in [0.15, 0.2) is 66.2 Å². The minimum Gasteiger partial charge on any atom is -0.496 e. The first kappa shape index (κ1) is 19.5. The van der Waals surface area contributed by atoms with Gasteiger partial charge in [0.05, 0.1) is 25.7 Å². The number of aliphatic imine (C=N–C) groups is 1. The van der Waals surface area contributed by atoms with Crippen LogP contribution in [0.3, 0.4) is 0 Å². The lowest BCUT2D eigenvalue weighted by atomic mass is 10.1. The van der Waals surface area contributed by atoms with Crippen LogP contribution >= 0.6 is 0 Å². The maximum atomic E-state index is 5.49. The van der Waals surface area contributed by atoms with Crippen molar-refractivity contribution in [3.8, 4) is 11.4 Å². The number of hydrogen-bond donors (Lipinski definition) is 2. The molecule has 0 aliphatic rings. The third-order valence-corrected chi connectivity index (χ3v) is 4.41. The number of imidazole rings is 1. The third-order valence-electron chi connectivity index (χ3n) is 4.41. The van der Waals surface area contributed by atoms with E-state index in [4.69, 9.17) is 9.73 Å². The van der Waals surface area contributed by atoms with Crippen molar-refractivity contribution in [2.24, 2.45) is 4.99 Å². The Morgan fingerprint density at radius 2 is 2.00 bits per heavy atom. The first-order valence-corrected chi connectivity index (χ1v) is 9.43. The van der Waals surface area contributed by atoms with E-state index in [0.717, 1.165) is 29.5 Å². The van der Waals surface area contributed by atoms with Crippen LogP contribution in [0.1, 0.15) is 23.6 Å². The van der Waals surface area contributed by atoms with E-state index in [1.54, 1.807) is 13.3 Å². The Morgan fingerprint density at radius 1 is 1.14 bits per heavy atom. The van der Waals surface area contributed by atoms with E-state index in [2.05, 4.69) is 53.7 Å². The minimum atomic E-state index is 0.544. The highest BCUT2D eigenvalue weighted by Crippen LogP contribution is 2.20. The highest BCUT2D eigenvalue weighted by atomic mass is 16.5. The van der Waals surface area contributed by atoms with Gasteiger partial charge in [0.1, 0.15) is 5.75 Å². The zero-order chi connectivity index (χ0) is 19.8. The Morgan fingerprint density at radius 3 is 2.75 bits per heavy atom. The lowest BCUT2D eigenvalue weighted by Gasteiger charge is -2.15. The topological polar surface area (TPSA) is 63.5 Å². The van der Waals surface area contributed by atoms with Gasteiger partial charge in [-0.3, -0.25) is 0 Å². The molecule has 0 atom stereocenters. The summed E-state index contributed by atoms with van der Waals surface area (Å²) in [7, 11) is 1.69. The van der Waals surface area contributed by atoms with Gasteiger partial charge in [-0.25, -0.2) is 9.98 Å². The van der Waals surface area contributed by atoms with E-state index in [0.29, 0.717) is 13.1 Å². The van der Waals surface area contributed by atoms with Crippen LogP contribution in [0, 0.1) is 6.92 Å². The highest BCUT2D eigenvalue weighted by Gasteiger charge is 2.06. The number of hydrogen-bond acceptors (Lipinski definition) is 3. The summed E-state index contributed by atoms with van der Waals surface area (Å²) < 4.78 is 7.50.